The van der Waals surface area contributed by atoms with E-state index >= 15 is 0 Å². The molecule has 1 amide bonds. The van der Waals surface area contributed by atoms with Crippen LogP contribution in [0.1, 0.15) is 21.6 Å². The van der Waals surface area contributed by atoms with Gasteiger partial charge >= 0.3 is 147 Å². The van der Waals surface area contributed by atoms with Gasteiger partial charge < -0.3 is 0 Å². The maximum absolute atomic E-state index is 12.6. The average molecular weight is 422 g/mol. The zero-order valence-corrected chi connectivity index (χ0v) is 17.0. The van der Waals surface area contributed by atoms with Crippen LogP contribution < -0.4 is 5.32 Å². The number of aliphatic hydroxyl groups is 1. The Hall–Kier alpha value is -2.49. The first-order chi connectivity index (χ1) is 13.2. The zero-order valence-electron chi connectivity index (χ0n) is 15.1. The third kappa shape index (κ3) is 5.03. The van der Waals surface area contributed by atoms with Crippen LogP contribution in [0, 0.1) is 6.92 Å². The van der Waals surface area contributed by atoms with E-state index < -0.39 is 0 Å². The number of carbonyl (C=O) groups is 1. The summed E-state index contributed by atoms with van der Waals surface area (Å²) in [4.78, 5) is 21.3. The molecule has 0 atom stereocenters. The van der Waals surface area contributed by atoms with E-state index in [4.69, 9.17) is 5.11 Å². The Kier molecular flexibility index (Phi) is 6.74. The number of aliphatic hydroxyl groups excluding tert-OH is 1. The zero-order chi connectivity index (χ0) is 19.1. The predicted molar refractivity (Wildman–Crippen MR) is 108 cm³/mol. The number of benzene rings is 1. The molecule has 3 aromatic rings. The second-order valence-electron chi connectivity index (χ2n) is 6.03. The van der Waals surface area contributed by atoms with Gasteiger partial charge in [0.2, 0.25) is 0 Å². The van der Waals surface area contributed by atoms with Crippen LogP contribution >= 0.6 is 0 Å². The first-order valence-corrected chi connectivity index (χ1v) is 11.4. The van der Waals surface area contributed by atoms with Gasteiger partial charge in [-0.25, -0.2) is 0 Å². The Balaban J connectivity index is 1.73. The molecule has 2 N–H and O–H groups in total. The number of hydrogen-bond acceptors (Lipinski definition) is 4. The Morgan fingerprint density at radius 1 is 1.11 bits per heavy atom. The van der Waals surface area contributed by atoms with Crippen molar-refractivity contribution in [3.8, 4) is 11.3 Å². The van der Waals surface area contributed by atoms with Gasteiger partial charge in [0.1, 0.15) is 0 Å². The molecule has 6 heteroatoms. The topological polar surface area (TPSA) is 75.1 Å². The Morgan fingerprint density at radius 3 is 2.63 bits per heavy atom. The number of nitrogens with one attached hydrogen (secondary N) is 1. The summed E-state index contributed by atoms with van der Waals surface area (Å²) >= 11 is 0.0925. The van der Waals surface area contributed by atoms with Gasteiger partial charge in [-0.2, -0.15) is 0 Å². The summed E-state index contributed by atoms with van der Waals surface area (Å²) in [6, 6.07) is 15.4. The smallest absolute Gasteiger partial charge is 0.0622 e. The van der Waals surface area contributed by atoms with Crippen molar-refractivity contribution in [2.75, 3.05) is 11.9 Å². The molecule has 27 heavy (non-hydrogen) atoms. The van der Waals surface area contributed by atoms with Crippen molar-refractivity contribution in [3.63, 3.8) is 0 Å². The molecule has 5 nitrogen and oxygen atoms in total. The van der Waals surface area contributed by atoms with E-state index in [9.17, 15) is 4.79 Å². The molecule has 0 saturated heterocycles. The molecule has 0 saturated carbocycles. The van der Waals surface area contributed by atoms with Crippen molar-refractivity contribution >= 4 is 27.3 Å². The molecule has 2 heterocycles. The fourth-order valence-corrected chi connectivity index (χ4v) is 4.24. The number of pyridine rings is 2. The Bertz CT molecular complexity index is 899. The molecule has 0 bridgehead atoms. The second-order valence-corrected chi connectivity index (χ2v) is 8.57. The average Bonchev–Trinajstić information content (AvgIpc) is 2.71. The summed E-state index contributed by atoms with van der Waals surface area (Å²) in [7, 11) is 0. The van der Waals surface area contributed by atoms with Crippen LogP contribution in [0.25, 0.3) is 11.3 Å². The summed E-state index contributed by atoms with van der Waals surface area (Å²) in [5.74, 6) is -0.238. The third-order valence-electron chi connectivity index (χ3n) is 4.11. The van der Waals surface area contributed by atoms with Gasteiger partial charge in [0.15, 0.2) is 0 Å². The molecule has 3 rings (SSSR count). The molecule has 0 unspecified atom stereocenters. The van der Waals surface area contributed by atoms with Crippen LogP contribution in [0.15, 0.2) is 60.9 Å². The van der Waals surface area contributed by atoms with Crippen molar-refractivity contribution < 1.29 is 9.90 Å². The summed E-state index contributed by atoms with van der Waals surface area (Å²) in [6.07, 6.45) is 3.45. The molecule has 0 aliphatic carbocycles. The minimum Gasteiger partial charge on any atom is -0.0622 e. The molecular formula is C21H21AsN3O2. The van der Waals surface area contributed by atoms with E-state index in [1.54, 1.807) is 24.5 Å². The van der Waals surface area contributed by atoms with Crippen molar-refractivity contribution in [1.29, 1.82) is 0 Å². The Morgan fingerprint density at radius 2 is 1.93 bits per heavy atom. The van der Waals surface area contributed by atoms with Gasteiger partial charge in [0.05, 0.1) is 0 Å². The summed E-state index contributed by atoms with van der Waals surface area (Å²) in [6.45, 7) is 2.19. The van der Waals surface area contributed by atoms with Gasteiger partial charge in [-0.3, -0.25) is 0 Å². The quantitative estimate of drug-likeness (QED) is 0.453. The fraction of sp³-hybridized carbons (Fsp3) is 0.190. The SMILES string of the molecule is Cc1c(NC(=O)c2ccc(C[As]CCO)cn2)ccnc1-c1ccccc1. The molecule has 137 valence electrons. The second kappa shape index (κ2) is 9.45. The number of anilines is 1. The van der Waals surface area contributed by atoms with Crippen molar-refractivity contribution in [1.82, 2.24) is 9.97 Å². The molecule has 0 fully saturated rings. The van der Waals surface area contributed by atoms with Crippen LogP contribution in [0.2, 0.25) is 5.21 Å². The van der Waals surface area contributed by atoms with E-state index in [1.807, 2.05) is 43.3 Å². The maximum atomic E-state index is 12.6. The monoisotopic (exact) mass is 422 g/mol. The number of nitrogens with zero attached hydrogens (tertiary/aromatic N) is 2. The summed E-state index contributed by atoms with van der Waals surface area (Å²) in [5, 5.41) is 13.6. The normalized spacial score (nSPS) is 11.0. The summed E-state index contributed by atoms with van der Waals surface area (Å²) in [5.41, 5.74) is 5.00. The van der Waals surface area contributed by atoms with Crippen LogP contribution in [-0.4, -0.2) is 43.3 Å². The molecule has 2 aromatic heterocycles. The van der Waals surface area contributed by atoms with Gasteiger partial charge in [-0.15, -0.1) is 0 Å². The molecule has 0 aliphatic rings. The van der Waals surface area contributed by atoms with Gasteiger partial charge in [0, 0.05) is 0 Å². The fourth-order valence-electron chi connectivity index (χ4n) is 2.68. The minimum absolute atomic E-state index is 0.0925. The van der Waals surface area contributed by atoms with Crippen LogP contribution in [-0.2, 0) is 5.21 Å². The van der Waals surface area contributed by atoms with Crippen LogP contribution in [0.5, 0.6) is 0 Å². The number of rotatable bonds is 7. The van der Waals surface area contributed by atoms with E-state index in [0.717, 1.165) is 38.5 Å². The van der Waals surface area contributed by atoms with E-state index in [-0.39, 0.29) is 28.3 Å². The molecule has 1 radical (unpaired) electrons. The number of carbonyl (C=O) groups excluding carboxylic acids is 1. The van der Waals surface area contributed by atoms with E-state index in [0.29, 0.717) is 5.69 Å². The first kappa shape index (κ1) is 19.3. The van der Waals surface area contributed by atoms with Crippen molar-refractivity contribution in [2.24, 2.45) is 0 Å². The third-order valence-corrected chi connectivity index (χ3v) is 6.43. The van der Waals surface area contributed by atoms with Gasteiger partial charge in [-0.05, 0) is 0 Å². The minimum atomic E-state index is -0.238. The van der Waals surface area contributed by atoms with Gasteiger partial charge in [-0.1, -0.05) is 18.2 Å². The first-order valence-electron chi connectivity index (χ1n) is 8.70. The number of aromatic nitrogens is 2. The van der Waals surface area contributed by atoms with Crippen molar-refractivity contribution in [3.05, 3.63) is 77.7 Å². The molecule has 0 spiro atoms. The molecule has 0 aliphatic heterocycles. The van der Waals surface area contributed by atoms with E-state index in [1.165, 1.54) is 0 Å². The van der Waals surface area contributed by atoms with Gasteiger partial charge in [0.25, 0.3) is 0 Å². The number of hydrogen-bond donors (Lipinski definition) is 2. The summed E-state index contributed by atoms with van der Waals surface area (Å²) < 4.78 is 0. The number of amides is 1. The van der Waals surface area contributed by atoms with Crippen LogP contribution in [0.4, 0.5) is 5.69 Å². The van der Waals surface area contributed by atoms with Crippen molar-refractivity contribution in [2.45, 2.75) is 17.3 Å². The van der Waals surface area contributed by atoms with E-state index in [2.05, 4.69) is 15.3 Å². The predicted octanol–water partition coefficient (Wildman–Crippen LogP) is 3.32. The molecular weight excluding hydrogens is 401 g/mol. The van der Waals surface area contributed by atoms with Crippen LogP contribution in [0.3, 0.4) is 0 Å². The Labute approximate surface area is 165 Å². The standard InChI is InChI=1S/C21H21AsN3O2/c1-15-18(9-11-23-20(15)17-5-3-2-4-6-17)25-21(27)19-8-7-16(14-24-19)13-22-10-12-26/h2-9,11,14,26H,10,12-13H2,1H3,(H,23,25,27). The molecule has 1 aromatic carbocycles.